The van der Waals surface area contributed by atoms with Crippen molar-refractivity contribution < 1.29 is 14.3 Å². The van der Waals surface area contributed by atoms with E-state index in [1.54, 1.807) is 18.3 Å². The molecule has 1 saturated heterocycles. The second kappa shape index (κ2) is 5.81. The summed E-state index contributed by atoms with van der Waals surface area (Å²) in [6.45, 7) is 0.279. The van der Waals surface area contributed by atoms with Crippen molar-refractivity contribution >= 4 is 29.3 Å². The molecule has 6 nitrogen and oxygen atoms in total. The molecule has 3 rings (SSSR count). The highest BCUT2D eigenvalue weighted by atomic mass is 35.5. The predicted octanol–water partition coefficient (Wildman–Crippen LogP) is 2.26. The lowest BCUT2D eigenvalue weighted by atomic mass is 10.1. The number of esters is 1. The van der Waals surface area contributed by atoms with Gasteiger partial charge in [-0.25, -0.2) is 0 Å². The van der Waals surface area contributed by atoms with E-state index in [1.807, 2.05) is 12.1 Å². The number of benzene rings is 1. The van der Waals surface area contributed by atoms with E-state index in [4.69, 9.17) is 16.3 Å². The van der Waals surface area contributed by atoms with Crippen molar-refractivity contribution in [2.75, 3.05) is 18.6 Å². The summed E-state index contributed by atoms with van der Waals surface area (Å²) in [5, 5.41) is 7.45. The Balaban J connectivity index is 1.92. The number of carbonyl (C=O) groups excluding carboxylic acids is 2. The Labute approximate surface area is 132 Å². The number of hydrogen-bond donors (Lipinski definition) is 1. The monoisotopic (exact) mass is 319 g/mol. The van der Waals surface area contributed by atoms with Crippen LogP contribution in [-0.4, -0.2) is 35.7 Å². The van der Waals surface area contributed by atoms with Crippen LogP contribution in [0.25, 0.3) is 11.1 Å². The number of amides is 1. The fourth-order valence-corrected chi connectivity index (χ4v) is 2.79. The van der Waals surface area contributed by atoms with Crippen LogP contribution in [0.3, 0.4) is 0 Å². The van der Waals surface area contributed by atoms with Crippen LogP contribution in [-0.2, 0) is 14.3 Å². The minimum atomic E-state index is -0.451. The first-order chi connectivity index (χ1) is 10.6. The zero-order valence-electron chi connectivity index (χ0n) is 11.9. The Bertz CT molecular complexity index is 728. The SMILES string of the molecule is COC(=O)C1CC(=O)N(c2[nH]ncc2-c2cccc(Cl)c2)C1. The van der Waals surface area contributed by atoms with Crippen LogP contribution in [0.4, 0.5) is 5.82 Å². The molecular weight excluding hydrogens is 306 g/mol. The lowest BCUT2D eigenvalue weighted by Crippen LogP contribution is -2.27. The van der Waals surface area contributed by atoms with E-state index < -0.39 is 5.92 Å². The summed E-state index contributed by atoms with van der Waals surface area (Å²) in [5.74, 6) is -0.394. The third-order valence-electron chi connectivity index (χ3n) is 3.68. The van der Waals surface area contributed by atoms with Crippen molar-refractivity contribution in [3.8, 4) is 11.1 Å². The molecule has 0 spiro atoms. The molecule has 2 aromatic rings. The summed E-state index contributed by atoms with van der Waals surface area (Å²) in [6, 6.07) is 7.30. The molecule has 1 aromatic carbocycles. The maximum Gasteiger partial charge on any atom is 0.311 e. The zero-order valence-corrected chi connectivity index (χ0v) is 12.6. The summed E-state index contributed by atoms with van der Waals surface area (Å²) >= 11 is 6.01. The van der Waals surface area contributed by atoms with Crippen molar-refractivity contribution in [2.24, 2.45) is 5.92 Å². The molecule has 1 N–H and O–H groups in total. The van der Waals surface area contributed by atoms with Crippen LogP contribution < -0.4 is 4.90 Å². The molecule has 1 amide bonds. The van der Waals surface area contributed by atoms with E-state index in [1.165, 1.54) is 12.0 Å². The topological polar surface area (TPSA) is 75.3 Å². The molecule has 1 atom stereocenters. The molecule has 2 heterocycles. The Kier molecular flexibility index (Phi) is 3.85. The van der Waals surface area contributed by atoms with Crippen molar-refractivity contribution in [2.45, 2.75) is 6.42 Å². The lowest BCUT2D eigenvalue weighted by Gasteiger charge is -2.16. The van der Waals surface area contributed by atoms with Gasteiger partial charge in [-0.2, -0.15) is 5.10 Å². The first kappa shape index (κ1) is 14.6. The average molecular weight is 320 g/mol. The van der Waals surface area contributed by atoms with Crippen molar-refractivity contribution in [3.63, 3.8) is 0 Å². The molecule has 1 unspecified atom stereocenters. The largest absolute Gasteiger partial charge is 0.469 e. The van der Waals surface area contributed by atoms with Gasteiger partial charge in [0.05, 0.1) is 19.2 Å². The minimum Gasteiger partial charge on any atom is -0.469 e. The van der Waals surface area contributed by atoms with E-state index in [0.29, 0.717) is 10.8 Å². The van der Waals surface area contributed by atoms with Gasteiger partial charge in [0.1, 0.15) is 5.82 Å². The first-order valence-electron chi connectivity index (χ1n) is 6.77. The quantitative estimate of drug-likeness (QED) is 0.880. The van der Waals surface area contributed by atoms with Gasteiger partial charge in [-0.15, -0.1) is 0 Å². The number of rotatable bonds is 3. The van der Waals surface area contributed by atoms with Gasteiger partial charge in [-0.1, -0.05) is 23.7 Å². The number of nitrogens with one attached hydrogen (secondary N) is 1. The predicted molar refractivity (Wildman–Crippen MR) is 81.5 cm³/mol. The molecule has 1 aromatic heterocycles. The number of nitrogens with zero attached hydrogens (tertiary/aromatic N) is 2. The van der Waals surface area contributed by atoms with Crippen LogP contribution in [0.1, 0.15) is 6.42 Å². The number of hydrogen-bond acceptors (Lipinski definition) is 4. The van der Waals surface area contributed by atoms with Crippen LogP contribution in [0.5, 0.6) is 0 Å². The summed E-state index contributed by atoms with van der Waals surface area (Å²) in [7, 11) is 1.32. The Hall–Kier alpha value is -2.34. The number of anilines is 1. The van der Waals surface area contributed by atoms with Gasteiger partial charge in [0, 0.05) is 23.6 Å². The van der Waals surface area contributed by atoms with Gasteiger partial charge in [0.2, 0.25) is 5.91 Å². The smallest absolute Gasteiger partial charge is 0.311 e. The minimum absolute atomic E-state index is 0.136. The number of halogens is 1. The highest BCUT2D eigenvalue weighted by Crippen LogP contribution is 2.33. The second-order valence-electron chi connectivity index (χ2n) is 5.07. The molecule has 1 aliphatic heterocycles. The molecule has 0 aliphatic carbocycles. The summed E-state index contributed by atoms with van der Waals surface area (Å²) in [4.78, 5) is 25.4. The van der Waals surface area contributed by atoms with Crippen molar-refractivity contribution in [1.82, 2.24) is 10.2 Å². The fraction of sp³-hybridized carbons (Fsp3) is 0.267. The van der Waals surface area contributed by atoms with Crippen LogP contribution >= 0.6 is 11.6 Å². The fourth-order valence-electron chi connectivity index (χ4n) is 2.60. The molecule has 0 radical (unpaired) electrons. The molecule has 0 bridgehead atoms. The van der Waals surface area contributed by atoms with Gasteiger partial charge in [-0.3, -0.25) is 19.6 Å². The maximum atomic E-state index is 12.2. The van der Waals surface area contributed by atoms with E-state index in [-0.39, 0.29) is 24.8 Å². The highest BCUT2D eigenvalue weighted by Gasteiger charge is 2.37. The number of carbonyl (C=O) groups is 2. The summed E-state index contributed by atoms with van der Waals surface area (Å²) in [5.41, 5.74) is 1.62. The van der Waals surface area contributed by atoms with Crippen LogP contribution in [0.15, 0.2) is 30.5 Å². The molecule has 1 fully saturated rings. The first-order valence-corrected chi connectivity index (χ1v) is 7.15. The van der Waals surface area contributed by atoms with Crippen molar-refractivity contribution in [3.05, 3.63) is 35.5 Å². The van der Waals surface area contributed by atoms with E-state index >= 15 is 0 Å². The van der Waals surface area contributed by atoms with Gasteiger partial charge >= 0.3 is 5.97 Å². The third kappa shape index (κ3) is 2.57. The molecule has 22 heavy (non-hydrogen) atoms. The van der Waals surface area contributed by atoms with Gasteiger partial charge in [-0.05, 0) is 17.7 Å². The molecular formula is C15H14ClN3O3. The number of ether oxygens (including phenoxy) is 1. The number of methoxy groups -OCH3 is 1. The lowest BCUT2D eigenvalue weighted by molar-refractivity contribution is -0.145. The van der Waals surface area contributed by atoms with Gasteiger partial charge < -0.3 is 4.74 Å². The third-order valence-corrected chi connectivity index (χ3v) is 3.92. The number of aromatic amines is 1. The number of aromatic nitrogens is 2. The molecule has 114 valence electrons. The standard InChI is InChI=1S/C15H14ClN3O3/c1-22-15(21)10-6-13(20)19(8-10)14-12(7-17-18-14)9-3-2-4-11(16)5-9/h2-5,7,10H,6,8H2,1H3,(H,17,18). The Morgan fingerprint density at radius 3 is 3.05 bits per heavy atom. The molecule has 0 saturated carbocycles. The summed E-state index contributed by atoms with van der Waals surface area (Å²) in [6.07, 6.45) is 1.78. The normalized spacial score (nSPS) is 17.8. The summed E-state index contributed by atoms with van der Waals surface area (Å²) < 4.78 is 4.72. The van der Waals surface area contributed by atoms with Crippen LogP contribution in [0.2, 0.25) is 5.02 Å². The van der Waals surface area contributed by atoms with Crippen LogP contribution in [0, 0.1) is 5.92 Å². The Morgan fingerprint density at radius 2 is 2.32 bits per heavy atom. The van der Waals surface area contributed by atoms with E-state index in [2.05, 4.69) is 10.2 Å². The van der Waals surface area contributed by atoms with Crippen molar-refractivity contribution in [1.29, 1.82) is 0 Å². The van der Waals surface area contributed by atoms with Gasteiger partial charge in [0.15, 0.2) is 0 Å². The maximum absolute atomic E-state index is 12.2. The number of H-pyrrole nitrogens is 1. The molecule has 1 aliphatic rings. The van der Waals surface area contributed by atoms with E-state index in [9.17, 15) is 9.59 Å². The molecule has 7 heteroatoms. The Morgan fingerprint density at radius 1 is 1.50 bits per heavy atom. The highest BCUT2D eigenvalue weighted by molar-refractivity contribution is 6.30. The second-order valence-corrected chi connectivity index (χ2v) is 5.51. The average Bonchev–Trinajstić information content (AvgIpc) is 3.12. The van der Waals surface area contributed by atoms with E-state index in [0.717, 1.165) is 11.1 Å². The van der Waals surface area contributed by atoms with Gasteiger partial charge in [0.25, 0.3) is 0 Å². The zero-order chi connectivity index (χ0) is 15.7.